The van der Waals surface area contributed by atoms with Crippen LogP contribution in [-0.4, -0.2) is 22.8 Å². The van der Waals surface area contributed by atoms with Gasteiger partial charge < -0.3 is 9.32 Å². The molecule has 118 valence electrons. The molecule has 0 bridgehead atoms. The molecule has 0 saturated carbocycles. The fourth-order valence-corrected chi connectivity index (χ4v) is 3.30. The molecule has 1 amide bonds. The van der Waals surface area contributed by atoms with Gasteiger partial charge in [-0.25, -0.2) is 4.98 Å². The Labute approximate surface area is 139 Å². The van der Waals surface area contributed by atoms with Gasteiger partial charge in [0.05, 0.1) is 16.3 Å². The molecule has 3 rings (SSSR count). The van der Waals surface area contributed by atoms with Crippen molar-refractivity contribution in [3.8, 4) is 0 Å². The molecule has 2 aromatic heterocycles. The van der Waals surface area contributed by atoms with E-state index in [-0.39, 0.29) is 11.9 Å². The summed E-state index contributed by atoms with van der Waals surface area (Å²) in [5.41, 5.74) is 0.974. The standard InChI is InChI=1S/C18H18N2O2S/c1-12-8-9-14(22-12)10-11-17(21)20(3)13(2)18-19-15-6-4-5-7-16(15)23-18/h4-11,13H,1-3H3. The van der Waals surface area contributed by atoms with Gasteiger partial charge in [-0.05, 0) is 44.2 Å². The highest BCUT2D eigenvalue weighted by atomic mass is 32.1. The Bertz CT molecular complexity index is 830. The largest absolute Gasteiger partial charge is 0.462 e. The Morgan fingerprint density at radius 1 is 1.30 bits per heavy atom. The van der Waals surface area contributed by atoms with Crippen LogP contribution in [0.3, 0.4) is 0 Å². The number of aryl methyl sites for hydroxylation is 1. The molecule has 1 atom stereocenters. The molecular weight excluding hydrogens is 308 g/mol. The van der Waals surface area contributed by atoms with Crippen molar-refractivity contribution in [3.05, 3.63) is 59.0 Å². The number of para-hydroxylation sites is 1. The predicted octanol–water partition coefficient (Wildman–Crippen LogP) is 4.43. The van der Waals surface area contributed by atoms with E-state index < -0.39 is 0 Å². The minimum Gasteiger partial charge on any atom is -0.462 e. The van der Waals surface area contributed by atoms with E-state index in [4.69, 9.17) is 4.42 Å². The average Bonchev–Trinajstić information content (AvgIpc) is 3.16. The highest BCUT2D eigenvalue weighted by molar-refractivity contribution is 7.18. The molecule has 0 N–H and O–H groups in total. The number of furan rings is 1. The van der Waals surface area contributed by atoms with E-state index in [1.54, 1.807) is 29.4 Å². The number of fused-ring (bicyclic) bond motifs is 1. The average molecular weight is 326 g/mol. The predicted molar refractivity (Wildman–Crippen MR) is 93.3 cm³/mol. The van der Waals surface area contributed by atoms with Gasteiger partial charge in [-0.15, -0.1) is 11.3 Å². The summed E-state index contributed by atoms with van der Waals surface area (Å²) in [4.78, 5) is 18.6. The molecule has 0 fully saturated rings. The first kappa shape index (κ1) is 15.5. The van der Waals surface area contributed by atoms with Crippen LogP contribution in [0.4, 0.5) is 0 Å². The van der Waals surface area contributed by atoms with Crippen LogP contribution in [0.1, 0.15) is 29.5 Å². The van der Waals surface area contributed by atoms with Crippen molar-refractivity contribution in [1.82, 2.24) is 9.88 Å². The van der Waals surface area contributed by atoms with Crippen molar-refractivity contribution >= 4 is 33.5 Å². The SMILES string of the molecule is Cc1ccc(C=CC(=O)N(C)C(C)c2nc3ccccc3s2)o1. The van der Waals surface area contributed by atoms with E-state index in [1.165, 1.54) is 6.08 Å². The van der Waals surface area contributed by atoms with Crippen LogP contribution < -0.4 is 0 Å². The Balaban J connectivity index is 1.74. The van der Waals surface area contributed by atoms with Gasteiger partial charge in [0, 0.05) is 13.1 Å². The van der Waals surface area contributed by atoms with Gasteiger partial charge in [-0.2, -0.15) is 0 Å². The normalized spacial score (nSPS) is 12.8. The van der Waals surface area contributed by atoms with Crippen molar-refractivity contribution in [2.24, 2.45) is 0 Å². The molecule has 3 aromatic rings. The number of amides is 1. The second-order valence-electron chi connectivity index (χ2n) is 5.43. The van der Waals surface area contributed by atoms with Crippen LogP contribution in [0.25, 0.3) is 16.3 Å². The zero-order valence-corrected chi connectivity index (χ0v) is 14.1. The number of aromatic nitrogens is 1. The van der Waals surface area contributed by atoms with Crippen molar-refractivity contribution in [3.63, 3.8) is 0 Å². The van der Waals surface area contributed by atoms with Gasteiger partial charge >= 0.3 is 0 Å². The summed E-state index contributed by atoms with van der Waals surface area (Å²) in [6.45, 7) is 3.86. The highest BCUT2D eigenvalue weighted by Crippen LogP contribution is 2.28. The molecule has 0 saturated heterocycles. The fraction of sp³-hybridized carbons (Fsp3) is 0.222. The molecule has 4 nitrogen and oxygen atoms in total. The Morgan fingerprint density at radius 2 is 2.09 bits per heavy atom. The lowest BCUT2D eigenvalue weighted by atomic mass is 10.3. The molecule has 0 aliphatic heterocycles. The van der Waals surface area contributed by atoms with Crippen molar-refractivity contribution in [2.45, 2.75) is 19.9 Å². The van der Waals surface area contributed by atoms with Crippen molar-refractivity contribution in [2.75, 3.05) is 7.05 Å². The molecular formula is C18H18N2O2S. The third kappa shape index (κ3) is 3.35. The van der Waals surface area contributed by atoms with Crippen LogP contribution in [0.2, 0.25) is 0 Å². The first-order valence-corrected chi connectivity index (χ1v) is 8.23. The van der Waals surface area contributed by atoms with Gasteiger partial charge in [-0.1, -0.05) is 12.1 Å². The summed E-state index contributed by atoms with van der Waals surface area (Å²) in [5.74, 6) is 1.43. The number of hydrogen-bond acceptors (Lipinski definition) is 4. The number of carbonyl (C=O) groups excluding carboxylic acids is 1. The molecule has 1 aromatic carbocycles. The van der Waals surface area contributed by atoms with Gasteiger partial charge in [0.1, 0.15) is 16.5 Å². The zero-order chi connectivity index (χ0) is 16.4. The summed E-state index contributed by atoms with van der Waals surface area (Å²) in [6.07, 6.45) is 3.22. The molecule has 0 aliphatic rings. The van der Waals surface area contributed by atoms with E-state index in [9.17, 15) is 4.79 Å². The van der Waals surface area contributed by atoms with E-state index >= 15 is 0 Å². The summed E-state index contributed by atoms with van der Waals surface area (Å²) in [7, 11) is 1.79. The number of carbonyl (C=O) groups is 1. The fourth-order valence-electron chi connectivity index (χ4n) is 2.24. The minimum absolute atomic E-state index is 0.0780. The maximum absolute atomic E-state index is 12.3. The molecule has 23 heavy (non-hydrogen) atoms. The molecule has 0 radical (unpaired) electrons. The Hall–Kier alpha value is -2.40. The maximum Gasteiger partial charge on any atom is 0.247 e. The van der Waals surface area contributed by atoms with E-state index in [0.29, 0.717) is 5.76 Å². The van der Waals surface area contributed by atoms with E-state index in [0.717, 1.165) is 21.0 Å². The number of benzene rings is 1. The first-order valence-electron chi connectivity index (χ1n) is 7.41. The van der Waals surface area contributed by atoms with Gasteiger partial charge in [-0.3, -0.25) is 4.79 Å². The van der Waals surface area contributed by atoms with Crippen LogP contribution in [0, 0.1) is 6.92 Å². The number of thiazole rings is 1. The van der Waals surface area contributed by atoms with Crippen LogP contribution in [-0.2, 0) is 4.79 Å². The quantitative estimate of drug-likeness (QED) is 0.666. The topological polar surface area (TPSA) is 46.3 Å². The number of rotatable bonds is 4. The van der Waals surface area contributed by atoms with Gasteiger partial charge in [0.2, 0.25) is 5.91 Å². The monoisotopic (exact) mass is 326 g/mol. The number of likely N-dealkylation sites (N-methyl/N-ethyl adjacent to an activating group) is 1. The number of hydrogen-bond donors (Lipinski definition) is 0. The molecule has 2 heterocycles. The second-order valence-corrected chi connectivity index (χ2v) is 6.49. The van der Waals surface area contributed by atoms with E-state index in [2.05, 4.69) is 4.98 Å². The zero-order valence-electron chi connectivity index (χ0n) is 13.3. The summed E-state index contributed by atoms with van der Waals surface area (Å²) >= 11 is 1.62. The summed E-state index contributed by atoms with van der Waals surface area (Å²) in [5, 5.41) is 0.935. The first-order chi connectivity index (χ1) is 11.0. The lowest BCUT2D eigenvalue weighted by Crippen LogP contribution is -2.27. The molecule has 0 spiro atoms. The molecule has 0 aliphatic carbocycles. The van der Waals surface area contributed by atoms with Crippen molar-refractivity contribution in [1.29, 1.82) is 0 Å². The van der Waals surface area contributed by atoms with Crippen LogP contribution >= 0.6 is 11.3 Å². The lowest BCUT2D eigenvalue weighted by molar-refractivity contribution is -0.126. The third-order valence-corrected chi connectivity index (χ3v) is 4.95. The molecule has 5 heteroatoms. The minimum atomic E-state index is -0.0807. The summed E-state index contributed by atoms with van der Waals surface area (Å²) < 4.78 is 6.57. The smallest absolute Gasteiger partial charge is 0.247 e. The van der Waals surface area contributed by atoms with Gasteiger partial charge in [0.15, 0.2) is 0 Å². The lowest BCUT2D eigenvalue weighted by Gasteiger charge is -2.21. The van der Waals surface area contributed by atoms with Crippen molar-refractivity contribution < 1.29 is 9.21 Å². The third-order valence-electron chi connectivity index (χ3n) is 3.75. The van der Waals surface area contributed by atoms with Crippen LogP contribution in [0.5, 0.6) is 0 Å². The maximum atomic E-state index is 12.3. The Morgan fingerprint density at radius 3 is 2.78 bits per heavy atom. The van der Waals surface area contributed by atoms with Crippen LogP contribution in [0.15, 0.2) is 46.9 Å². The van der Waals surface area contributed by atoms with E-state index in [1.807, 2.05) is 50.2 Å². The van der Waals surface area contributed by atoms with Gasteiger partial charge in [0.25, 0.3) is 0 Å². The second kappa shape index (κ2) is 6.38. The highest BCUT2D eigenvalue weighted by Gasteiger charge is 2.19. The Kier molecular flexibility index (Phi) is 4.30. The summed E-state index contributed by atoms with van der Waals surface area (Å²) in [6, 6.07) is 11.6. The molecule has 1 unspecified atom stereocenters. The number of nitrogens with zero attached hydrogens (tertiary/aromatic N) is 2.